The first-order valence-electron chi connectivity index (χ1n) is 9.10. The van der Waals surface area contributed by atoms with E-state index in [1.165, 1.54) is 36.7 Å². The Kier molecular flexibility index (Phi) is 5.42. The zero-order chi connectivity index (χ0) is 21.1. The zero-order valence-corrected chi connectivity index (χ0v) is 15.5. The lowest BCUT2D eigenvalue weighted by Crippen LogP contribution is -2.17. The summed E-state index contributed by atoms with van der Waals surface area (Å²) in [6.07, 6.45) is 4.64. The van der Waals surface area contributed by atoms with Gasteiger partial charge in [-0.3, -0.25) is 4.79 Å². The number of amides is 1. The van der Waals surface area contributed by atoms with E-state index in [1.807, 2.05) is 0 Å². The molecule has 2 aromatic heterocycles. The van der Waals surface area contributed by atoms with Crippen molar-refractivity contribution in [1.29, 1.82) is 0 Å². The summed E-state index contributed by atoms with van der Waals surface area (Å²) in [5.74, 6) is -3.50. The Morgan fingerprint density at radius 1 is 1.00 bits per heavy atom. The molecule has 2 heterocycles. The van der Waals surface area contributed by atoms with Crippen molar-refractivity contribution in [2.45, 2.75) is 12.8 Å². The first-order chi connectivity index (χ1) is 14.5. The van der Waals surface area contributed by atoms with E-state index in [2.05, 4.69) is 20.4 Å². The normalized spacial score (nSPS) is 13.8. The van der Waals surface area contributed by atoms with Gasteiger partial charge >= 0.3 is 0 Å². The first-order valence-corrected chi connectivity index (χ1v) is 9.10. The number of nitrogens with one attached hydrogen (secondary N) is 1. The minimum absolute atomic E-state index is 0.109. The summed E-state index contributed by atoms with van der Waals surface area (Å²) in [5, 5.41) is 6.39. The number of nitrogens with zero attached hydrogens (tertiary/aromatic N) is 3. The van der Waals surface area contributed by atoms with Crippen LogP contribution in [0.3, 0.4) is 0 Å². The number of carbonyl (C=O) groups is 1. The molecule has 0 radical (unpaired) electrons. The zero-order valence-electron chi connectivity index (χ0n) is 15.5. The van der Waals surface area contributed by atoms with Gasteiger partial charge < -0.3 is 10.2 Å². The van der Waals surface area contributed by atoms with Gasteiger partial charge in [0.15, 0.2) is 5.82 Å². The number of halogens is 3. The van der Waals surface area contributed by atoms with E-state index < -0.39 is 28.9 Å². The lowest BCUT2D eigenvalue weighted by molar-refractivity contribution is 0.101. The largest absolute Gasteiger partial charge is 0.333 e. The van der Waals surface area contributed by atoms with Crippen LogP contribution in [0.5, 0.6) is 5.88 Å². The van der Waals surface area contributed by atoms with Gasteiger partial charge in [0.2, 0.25) is 0 Å². The maximum Gasteiger partial charge on any atom is 0.284 e. The van der Waals surface area contributed by atoms with Crippen LogP contribution in [0.4, 0.5) is 19.0 Å². The Morgan fingerprint density at radius 2 is 1.73 bits per heavy atom. The summed E-state index contributed by atoms with van der Waals surface area (Å²) in [4.78, 5) is 25.2. The Labute approximate surface area is 169 Å². The van der Waals surface area contributed by atoms with Gasteiger partial charge in [0.05, 0.1) is 5.71 Å². The SMILES string of the molecule is O=C(Nc1ccc(/C(=N\Oc2ncccc2F)C2CC2)cn1)c1c(F)cccc1F. The molecule has 0 unspecified atom stereocenters. The van der Waals surface area contributed by atoms with Crippen LogP contribution in [0, 0.1) is 23.4 Å². The molecule has 1 amide bonds. The van der Waals surface area contributed by atoms with Crippen LogP contribution >= 0.6 is 0 Å². The van der Waals surface area contributed by atoms with E-state index >= 15 is 0 Å². The van der Waals surface area contributed by atoms with Crippen molar-refractivity contribution in [2.75, 3.05) is 5.32 Å². The molecule has 30 heavy (non-hydrogen) atoms. The minimum atomic E-state index is -0.967. The maximum atomic E-state index is 13.7. The number of aromatic nitrogens is 2. The van der Waals surface area contributed by atoms with Crippen molar-refractivity contribution in [1.82, 2.24) is 9.97 Å². The van der Waals surface area contributed by atoms with Crippen LogP contribution in [-0.4, -0.2) is 21.6 Å². The number of rotatable bonds is 6. The van der Waals surface area contributed by atoms with Crippen molar-refractivity contribution in [3.63, 3.8) is 0 Å². The van der Waals surface area contributed by atoms with Crippen molar-refractivity contribution >= 4 is 17.4 Å². The standard InChI is InChI=1S/C21H15F3N4O2/c22-14-3-1-4-15(23)18(14)20(29)27-17-9-8-13(11-26-17)19(12-6-7-12)28-30-21-16(24)5-2-10-25-21/h1-5,8-12H,6-7H2,(H,26,27,29)/b28-19-. The molecule has 1 aliphatic rings. The fourth-order valence-electron chi connectivity index (χ4n) is 2.76. The average molecular weight is 412 g/mol. The second-order valence-electron chi connectivity index (χ2n) is 6.62. The van der Waals surface area contributed by atoms with E-state index in [9.17, 15) is 18.0 Å². The molecule has 0 saturated heterocycles. The van der Waals surface area contributed by atoms with Crippen molar-refractivity contribution in [3.05, 3.63) is 83.4 Å². The summed E-state index contributed by atoms with van der Waals surface area (Å²) in [6, 6.07) is 8.94. The van der Waals surface area contributed by atoms with Crippen LogP contribution < -0.4 is 10.2 Å². The lowest BCUT2D eigenvalue weighted by atomic mass is 10.1. The van der Waals surface area contributed by atoms with Crippen molar-refractivity contribution in [2.24, 2.45) is 11.1 Å². The van der Waals surface area contributed by atoms with Crippen LogP contribution in [0.15, 0.2) is 60.0 Å². The number of carbonyl (C=O) groups excluding carboxylic acids is 1. The summed E-state index contributed by atoms with van der Waals surface area (Å²) < 4.78 is 41.1. The Morgan fingerprint density at radius 3 is 2.37 bits per heavy atom. The highest BCUT2D eigenvalue weighted by atomic mass is 19.1. The highest BCUT2D eigenvalue weighted by molar-refractivity contribution is 6.05. The van der Waals surface area contributed by atoms with E-state index in [0.717, 1.165) is 25.0 Å². The summed E-state index contributed by atoms with van der Waals surface area (Å²) in [5.41, 5.74) is 0.504. The van der Waals surface area contributed by atoms with Gasteiger partial charge in [0, 0.05) is 23.9 Å². The molecule has 9 heteroatoms. The molecule has 0 bridgehead atoms. The molecule has 4 rings (SSSR count). The second kappa shape index (κ2) is 8.32. The van der Waals surface area contributed by atoms with Gasteiger partial charge in [-0.15, -0.1) is 0 Å². The van der Waals surface area contributed by atoms with Crippen molar-refractivity contribution in [3.8, 4) is 5.88 Å². The molecule has 1 N–H and O–H groups in total. The minimum Gasteiger partial charge on any atom is -0.333 e. The molecular formula is C21H15F3N4O2. The quantitative estimate of drug-likeness (QED) is 0.483. The number of hydrogen-bond acceptors (Lipinski definition) is 5. The number of benzene rings is 1. The predicted molar refractivity (Wildman–Crippen MR) is 103 cm³/mol. The lowest BCUT2D eigenvalue weighted by Gasteiger charge is -2.08. The third kappa shape index (κ3) is 4.29. The van der Waals surface area contributed by atoms with Crippen LogP contribution in [0.1, 0.15) is 28.8 Å². The van der Waals surface area contributed by atoms with Crippen LogP contribution in [-0.2, 0) is 0 Å². The third-order valence-corrected chi connectivity index (χ3v) is 4.41. The van der Waals surface area contributed by atoms with E-state index in [1.54, 1.807) is 6.07 Å². The average Bonchev–Trinajstić information content (AvgIpc) is 3.56. The van der Waals surface area contributed by atoms with Crippen LogP contribution in [0.25, 0.3) is 0 Å². The molecular weight excluding hydrogens is 397 g/mol. The van der Waals surface area contributed by atoms with Gasteiger partial charge in [-0.1, -0.05) is 11.2 Å². The van der Waals surface area contributed by atoms with Gasteiger partial charge in [-0.05, 0) is 49.2 Å². The molecule has 0 aliphatic heterocycles. The molecule has 0 spiro atoms. The summed E-state index contributed by atoms with van der Waals surface area (Å²) in [6.45, 7) is 0. The Hall–Kier alpha value is -3.75. The summed E-state index contributed by atoms with van der Waals surface area (Å²) >= 11 is 0. The number of oxime groups is 1. The molecule has 3 aromatic rings. The number of pyridine rings is 2. The van der Waals surface area contributed by atoms with Gasteiger partial charge in [0.1, 0.15) is 23.0 Å². The molecule has 1 aliphatic carbocycles. The molecule has 0 atom stereocenters. The third-order valence-electron chi connectivity index (χ3n) is 4.41. The number of anilines is 1. The fraction of sp³-hybridized carbons (Fsp3) is 0.143. The van der Waals surface area contributed by atoms with Gasteiger partial charge in [-0.25, -0.2) is 23.1 Å². The molecule has 1 aromatic carbocycles. The molecule has 6 nitrogen and oxygen atoms in total. The molecule has 152 valence electrons. The summed E-state index contributed by atoms with van der Waals surface area (Å²) in [7, 11) is 0. The first kappa shape index (κ1) is 19.6. The smallest absolute Gasteiger partial charge is 0.284 e. The topological polar surface area (TPSA) is 76.5 Å². The molecule has 1 fully saturated rings. The predicted octanol–water partition coefficient (Wildman–Crippen LogP) is 4.34. The highest BCUT2D eigenvalue weighted by Crippen LogP contribution is 2.33. The fourth-order valence-corrected chi connectivity index (χ4v) is 2.76. The van der Waals surface area contributed by atoms with E-state index in [-0.39, 0.29) is 17.6 Å². The maximum absolute atomic E-state index is 13.7. The van der Waals surface area contributed by atoms with Gasteiger partial charge in [0.25, 0.3) is 11.8 Å². The van der Waals surface area contributed by atoms with E-state index in [4.69, 9.17) is 4.84 Å². The second-order valence-corrected chi connectivity index (χ2v) is 6.62. The number of hydrogen-bond donors (Lipinski definition) is 1. The highest BCUT2D eigenvalue weighted by Gasteiger charge is 2.30. The Balaban J connectivity index is 1.51. The van der Waals surface area contributed by atoms with Crippen LogP contribution in [0.2, 0.25) is 0 Å². The van der Waals surface area contributed by atoms with E-state index in [0.29, 0.717) is 11.3 Å². The monoisotopic (exact) mass is 412 g/mol. The van der Waals surface area contributed by atoms with Gasteiger partial charge in [-0.2, -0.15) is 0 Å². The molecule has 1 saturated carbocycles. The van der Waals surface area contributed by atoms with Crippen molar-refractivity contribution < 1.29 is 22.8 Å². The Bertz CT molecular complexity index is 1100.